The Morgan fingerprint density at radius 3 is 2.42 bits per heavy atom. The van der Waals surface area contributed by atoms with Gasteiger partial charge in [-0.3, -0.25) is 9.59 Å². The fraction of sp³-hybridized carbons (Fsp3) is 0.263. The van der Waals surface area contributed by atoms with Crippen molar-refractivity contribution in [2.75, 3.05) is 6.26 Å². The molecule has 1 aliphatic rings. The van der Waals surface area contributed by atoms with E-state index in [9.17, 15) is 14.7 Å². The molecule has 0 radical (unpaired) electrons. The predicted molar refractivity (Wildman–Crippen MR) is 93.7 cm³/mol. The average Bonchev–Trinajstić information content (AvgIpc) is 2.93. The van der Waals surface area contributed by atoms with Crippen molar-refractivity contribution in [2.45, 2.75) is 23.9 Å². The highest BCUT2D eigenvalue weighted by Crippen LogP contribution is 2.39. The summed E-state index contributed by atoms with van der Waals surface area (Å²) in [6, 6.07) is 17.1. The molecule has 5 heteroatoms. The highest BCUT2D eigenvalue weighted by Gasteiger charge is 2.44. The van der Waals surface area contributed by atoms with Gasteiger partial charge in [-0.1, -0.05) is 42.5 Å². The maximum atomic E-state index is 12.5. The molecular weight excluding hydrogens is 322 g/mol. The topological polar surface area (TPSA) is 57.6 Å². The second-order valence-electron chi connectivity index (χ2n) is 5.87. The van der Waals surface area contributed by atoms with Crippen LogP contribution in [0.25, 0.3) is 0 Å². The standard InChI is InChI=1S/C19H19NO3S/c1-24-15-9-7-14(8-10-15)18-16(19(22)23)11-17(21)20(18)12-13-5-3-2-4-6-13/h2-10,16,18H,11-12H2,1H3,(H,22,23). The van der Waals surface area contributed by atoms with Crippen molar-refractivity contribution < 1.29 is 14.7 Å². The number of carboxylic acids is 1. The van der Waals surface area contributed by atoms with Crippen LogP contribution in [0.4, 0.5) is 0 Å². The fourth-order valence-corrected chi connectivity index (χ4v) is 3.60. The lowest BCUT2D eigenvalue weighted by atomic mass is 9.93. The van der Waals surface area contributed by atoms with E-state index in [1.807, 2.05) is 60.9 Å². The Morgan fingerprint density at radius 1 is 1.17 bits per heavy atom. The molecule has 0 spiro atoms. The lowest BCUT2D eigenvalue weighted by molar-refractivity contribution is -0.142. The van der Waals surface area contributed by atoms with Gasteiger partial charge in [-0.2, -0.15) is 0 Å². The first-order valence-corrected chi connectivity index (χ1v) is 9.03. The number of amides is 1. The van der Waals surface area contributed by atoms with Crippen molar-refractivity contribution in [3.63, 3.8) is 0 Å². The number of carbonyl (C=O) groups is 2. The van der Waals surface area contributed by atoms with Crippen LogP contribution in [0.3, 0.4) is 0 Å². The third-order valence-corrected chi connectivity index (χ3v) is 5.15. The summed E-state index contributed by atoms with van der Waals surface area (Å²) in [6.07, 6.45) is 2.05. The minimum Gasteiger partial charge on any atom is -0.481 e. The number of carbonyl (C=O) groups excluding carboxylic acids is 1. The smallest absolute Gasteiger partial charge is 0.309 e. The van der Waals surface area contributed by atoms with Gasteiger partial charge in [0.25, 0.3) is 0 Å². The van der Waals surface area contributed by atoms with Crippen LogP contribution in [-0.2, 0) is 16.1 Å². The molecule has 24 heavy (non-hydrogen) atoms. The van der Waals surface area contributed by atoms with Crippen LogP contribution in [0.2, 0.25) is 0 Å². The van der Waals surface area contributed by atoms with Crippen molar-refractivity contribution in [1.29, 1.82) is 0 Å². The Labute approximate surface area is 145 Å². The number of benzene rings is 2. The second-order valence-corrected chi connectivity index (χ2v) is 6.75. The molecule has 1 heterocycles. The molecule has 1 N–H and O–H groups in total. The van der Waals surface area contributed by atoms with E-state index in [1.54, 1.807) is 16.7 Å². The van der Waals surface area contributed by atoms with Crippen LogP contribution >= 0.6 is 11.8 Å². The number of hydrogen-bond donors (Lipinski definition) is 1. The summed E-state index contributed by atoms with van der Waals surface area (Å²) in [5.41, 5.74) is 1.88. The van der Waals surface area contributed by atoms with Gasteiger partial charge in [0.2, 0.25) is 5.91 Å². The summed E-state index contributed by atoms with van der Waals surface area (Å²) < 4.78 is 0. The molecule has 2 aromatic rings. The first-order chi connectivity index (χ1) is 11.6. The van der Waals surface area contributed by atoms with Gasteiger partial charge in [0, 0.05) is 17.9 Å². The first-order valence-electron chi connectivity index (χ1n) is 7.80. The fourth-order valence-electron chi connectivity index (χ4n) is 3.19. The molecule has 0 bridgehead atoms. The van der Waals surface area contributed by atoms with Crippen LogP contribution in [0, 0.1) is 5.92 Å². The molecular formula is C19H19NO3S. The van der Waals surface area contributed by atoms with E-state index in [-0.39, 0.29) is 12.3 Å². The molecule has 4 nitrogen and oxygen atoms in total. The minimum atomic E-state index is -0.919. The molecule has 1 aliphatic heterocycles. The van der Waals surface area contributed by atoms with Gasteiger partial charge in [-0.25, -0.2) is 0 Å². The number of thioether (sulfide) groups is 1. The van der Waals surface area contributed by atoms with Gasteiger partial charge in [-0.15, -0.1) is 11.8 Å². The molecule has 1 amide bonds. The Balaban J connectivity index is 1.94. The number of nitrogens with zero attached hydrogens (tertiary/aromatic N) is 1. The third-order valence-electron chi connectivity index (χ3n) is 4.40. The van der Waals surface area contributed by atoms with E-state index in [1.165, 1.54) is 0 Å². The summed E-state index contributed by atoms with van der Waals surface area (Å²) in [4.78, 5) is 26.9. The summed E-state index contributed by atoms with van der Waals surface area (Å²) in [7, 11) is 0. The van der Waals surface area contributed by atoms with Gasteiger partial charge in [0.05, 0.1) is 12.0 Å². The van der Waals surface area contributed by atoms with Gasteiger partial charge < -0.3 is 10.0 Å². The number of rotatable bonds is 5. The normalized spacial score (nSPS) is 20.4. The summed E-state index contributed by atoms with van der Waals surface area (Å²) in [6.45, 7) is 0.429. The molecule has 2 atom stereocenters. The van der Waals surface area contributed by atoms with E-state index in [2.05, 4.69) is 0 Å². The number of likely N-dealkylation sites (tertiary alicyclic amines) is 1. The van der Waals surface area contributed by atoms with Gasteiger partial charge in [0.1, 0.15) is 0 Å². The van der Waals surface area contributed by atoms with Crippen molar-refractivity contribution in [2.24, 2.45) is 5.92 Å². The van der Waals surface area contributed by atoms with Gasteiger partial charge in [-0.05, 0) is 29.5 Å². The highest BCUT2D eigenvalue weighted by atomic mass is 32.2. The molecule has 1 saturated heterocycles. The monoisotopic (exact) mass is 341 g/mol. The minimum absolute atomic E-state index is 0.0527. The Kier molecular flexibility index (Phi) is 4.90. The van der Waals surface area contributed by atoms with Crippen LogP contribution in [0.15, 0.2) is 59.5 Å². The summed E-state index contributed by atoms with van der Waals surface area (Å²) >= 11 is 1.63. The third kappa shape index (κ3) is 3.31. The molecule has 2 aromatic carbocycles. The Hall–Kier alpha value is -2.27. The first kappa shape index (κ1) is 16.6. The van der Waals surface area contributed by atoms with E-state index in [0.717, 1.165) is 16.0 Å². The van der Waals surface area contributed by atoms with Crippen LogP contribution < -0.4 is 0 Å². The molecule has 3 rings (SSSR count). The van der Waals surface area contributed by atoms with E-state index >= 15 is 0 Å². The van der Waals surface area contributed by atoms with Crippen molar-refractivity contribution in [3.8, 4) is 0 Å². The lowest BCUT2D eigenvalue weighted by Gasteiger charge is -2.27. The molecule has 124 valence electrons. The molecule has 1 fully saturated rings. The number of carboxylic acid groups (broad SMARTS) is 1. The average molecular weight is 341 g/mol. The predicted octanol–water partition coefficient (Wildman–Crippen LogP) is 3.58. The largest absolute Gasteiger partial charge is 0.481 e. The van der Waals surface area contributed by atoms with Gasteiger partial charge >= 0.3 is 5.97 Å². The van der Waals surface area contributed by atoms with E-state index in [0.29, 0.717) is 6.54 Å². The van der Waals surface area contributed by atoms with Crippen molar-refractivity contribution >= 4 is 23.6 Å². The van der Waals surface area contributed by atoms with Crippen LogP contribution in [0.1, 0.15) is 23.6 Å². The zero-order valence-electron chi connectivity index (χ0n) is 13.4. The lowest BCUT2D eigenvalue weighted by Crippen LogP contribution is -2.30. The number of aliphatic carboxylic acids is 1. The molecule has 2 unspecified atom stereocenters. The Morgan fingerprint density at radius 2 is 1.83 bits per heavy atom. The quantitative estimate of drug-likeness (QED) is 0.845. The molecule has 0 aliphatic carbocycles. The zero-order chi connectivity index (χ0) is 17.1. The Bertz CT molecular complexity index is 730. The summed E-state index contributed by atoms with van der Waals surface area (Å²) in [5, 5.41) is 9.56. The van der Waals surface area contributed by atoms with Crippen LogP contribution in [0.5, 0.6) is 0 Å². The number of hydrogen-bond acceptors (Lipinski definition) is 3. The SMILES string of the molecule is CSc1ccc(C2C(C(=O)O)CC(=O)N2Cc2ccccc2)cc1. The second kappa shape index (κ2) is 7.09. The van der Waals surface area contributed by atoms with Crippen molar-refractivity contribution in [1.82, 2.24) is 4.90 Å². The van der Waals surface area contributed by atoms with E-state index < -0.39 is 17.9 Å². The maximum Gasteiger partial charge on any atom is 0.309 e. The zero-order valence-corrected chi connectivity index (χ0v) is 14.2. The van der Waals surface area contributed by atoms with Gasteiger partial charge in [0.15, 0.2) is 0 Å². The highest BCUT2D eigenvalue weighted by molar-refractivity contribution is 7.98. The summed E-state index contributed by atoms with van der Waals surface area (Å²) in [5.74, 6) is -1.73. The molecule has 0 aromatic heterocycles. The maximum absolute atomic E-state index is 12.5. The van der Waals surface area contributed by atoms with Crippen LogP contribution in [-0.4, -0.2) is 28.1 Å². The molecule has 0 saturated carbocycles. The van der Waals surface area contributed by atoms with E-state index in [4.69, 9.17) is 0 Å². The van der Waals surface area contributed by atoms with Crippen molar-refractivity contribution in [3.05, 3.63) is 65.7 Å².